The van der Waals surface area contributed by atoms with Gasteiger partial charge < -0.3 is 19.8 Å². The number of nitrogens with zero attached hydrogens (tertiary/aromatic N) is 5. The van der Waals surface area contributed by atoms with Gasteiger partial charge in [-0.3, -0.25) is 9.88 Å². The number of fused-ring (bicyclic) bond motifs is 4. The number of phenols is 1. The van der Waals surface area contributed by atoms with Crippen LogP contribution in [0.15, 0.2) is 18.3 Å². The van der Waals surface area contributed by atoms with Gasteiger partial charge in [0, 0.05) is 48.8 Å². The van der Waals surface area contributed by atoms with Crippen LogP contribution in [0.2, 0.25) is 5.02 Å². The second kappa shape index (κ2) is 10.1. The fourth-order valence-electron chi connectivity index (χ4n) is 8.47. The minimum Gasteiger partial charge on any atom is -0.508 e. The molecule has 0 unspecified atom stereocenters. The topological polar surface area (TPSA) is 94.8 Å². The number of benzene rings is 1. The van der Waals surface area contributed by atoms with Crippen LogP contribution >= 0.6 is 11.6 Å². The summed E-state index contributed by atoms with van der Waals surface area (Å²) in [4.78, 5) is 18.2. The van der Waals surface area contributed by atoms with Crippen molar-refractivity contribution in [2.24, 2.45) is 17.8 Å². The molecule has 5 aliphatic rings. The summed E-state index contributed by atoms with van der Waals surface area (Å²) in [5.74, 6) is 0.843. The van der Waals surface area contributed by atoms with Crippen molar-refractivity contribution >= 4 is 28.3 Å². The molecule has 0 radical (unpaired) electrons. The van der Waals surface area contributed by atoms with E-state index in [1.165, 1.54) is 12.1 Å². The lowest BCUT2D eigenvalue weighted by atomic mass is 9.95. The minimum absolute atomic E-state index is 0.0468. The van der Waals surface area contributed by atoms with Gasteiger partial charge in [0.1, 0.15) is 35.6 Å². The van der Waals surface area contributed by atoms with Gasteiger partial charge in [-0.25, -0.2) is 8.78 Å². The Kier molecular flexibility index (Phi) is 6.51. The van der Waals surface area contributed by atoms with Gasteiger partial charge in [-0.2, -0.15) is 9.97 Å². The number of hydrogen-bond donors (Lipinski definition) is 2. The van der Waals surface area contributed by atoms with Crippen LogP contribution < -0.4 is 9.64 Å². The molecule has 2 bridgehead atoms. The Bertz CT molecular complexity index is 1610. The average molecular weight is 612 g/mol. The Hall–Kier alpha value is -2.82. The first-order valence-electron chi connectivity index (χ1n) is 15.5. The predicted octanol–water partition coefficient (Wildman–Crippen LogP) is 5.48. The van der Waals surface area contributed by atoms with Crippen LogP contribution in [0.1, 0.15) is 56.9 Å². The summed E-state index contributed by atoms with van der Waals surface area (Å²) < 4.78 is 37.4. The first-order valence-corrected chi connectivity index (χ1v) is 15.9. The van der Waals surface area contributed by atoms with Gasteiger partial charge in [0.15, 0.2) is 5.82 Å². The fraction of sp³-hybridized carbons (Fsp3) is 0.594. The van der Waals surface area contributed by atoms with Gasteiger partial charge in [-0.1, -0.05) is 18.5 Å². The molecule has 43 heavy (non-hydrogen) atoms. The summed E-state index contributed by atoms with van der Waals surface area (Å²) in [7, 11) is 0. The van der Waals surface area contributed by atoms with Crippen LogP contribution in [-0.4, -0.2) is 80.7 Å². The van der Waals surface area contributed by atoms with Crippen LogP contribution in [0.25, 0.3) is 22.2 Å². The number of aliphatic hydroxyl groups excluding tert-OH is 1. The Labute approximate surface area is 254 Å². The smallest absolute Gasteiger partial charge is 0.319 e. The van der Waals surface area contributed by atoms with E-state index in [1.54, 1.807) is 6.20 Å². The van der Waals surface area contributed by atoms with Crippen molar-refractivity contribution in [3.05, 3.63) is 34.7 Å². The summed E-state index contributed by atoms with van der Waals surface area (Å²) in [6, 6.07) is 3.06. The van der Waals surface area contributed by atoms with Crippen molar-refractivity contribution in [2.75, 3.05) is 37.7 Å². The third-order valence-corrected chi connectivity index (χ3v) is 11.0. The van der Waals surface area contributed by atoms with E-state index in [2.05, 4.69) is 26.7 Å². The molecule has 228 valence electrons. The zero-order valence-corrected chi connectivity index (χ0v) is 24.9. The van der Waals surface area contributed by atoms with Gasteiger partial charge in [0.25, 0.3) is 0 Å². The molecule has 2 N–H and O–H groups in total. The highest BCUT2D eigenvalue weighted by molar-refractivity contribution is 6.32. The number of pyridine rings is 1. The van der Waals surface area contributed by atoms with Gasteiger partial charge >= 0.3 is 6.01 Å². The summed E-state index contributed by atoms with van der Waals surface area (Å²) in [5, 5.41) is 21.8. The fourth-order valence-corrected chi connectivity index (χ4v) is 8.82. The summed E-state index contributed by atoms with van der Waals surface area (Å²) in [5.41, 5.74) is 0.991. The van der Waals surface area contributed by atoms with E-state index in [0.717, 1.165) is 44.2 Å². The normalized spacial score (nSPS) is 33.4. The largest absolute Gasteiger partial charge is 0.508 e. The number of anilines is 1. The van der Waals surface area contributed by atoms with Crippen LogP contribution in [0, 0.1) is 23.6 Å². The zero-order chi connectivity index (χ0) is 29.6. The second-order valence-corrected chi connectivity index (χ2v) is 14.1. The zero-order valence-electron chi connectivity index (χ0n) is 24.1. The van der Waals surface area contributed by atoms with E-state index >= 15 is 4.39 Å². The Morgan fingerprint density at radius 1 is 1.16 bits per heavy atom. The van der Waals surface area contributed by atoms with E-state index in [-0.39, 0.29) is 47.5 Å². The number of ether oxygens (including phenoxy) is 1. The van der Waals surface area contributed by atoms with Crippen LogP contribution in [-0.2, 0) is 0 Å². The molecule has 5 heterocycles. The van der Waals surface area contributed by atoms with Crippen LogP contribution in [0.3, 0.4) is 0 Å². The molecule has 7 atom stereocenters. The third-order valence-electron chi connectivity index (χ3n) is 10.7. The molecule has 8 rings (SSSR count). The molecular weight excluding hydrogens is 576 g/mol. The molecule has 0 amide bonds. The predicted molar refractivity (Wildman–Crippen MR) is 159 cm³/mol. The lowest BCUT2D eigenvalue weighted by Gasteiger charge is -2.34. The highest BCUT2D eigenvalue weighted by atomic mass is 35.5. The molecule has 2 aromatic heterocycles. The number of alkyl halides is 1. The summed E-state index contributed by atoms with van der Waals surface area (Å²) in [6.07, 6.45) is 5.21. The van der Waals surface area contributed by atoms with Gasteiger partial charge in [-0.15, -0.1) is 0 Å². The van der Waals surface area contributed by atoms with Crippen molar-refractivity contribution in [3.63, 3.8) is 0 Å². The van der Waals surface area contributed by atoms with E-state index in [9.17, 15) is 14.6 Å². The maximum atomic E-state index is 16.7. The number of phenolic OH excluding ortho intramolecular Hbond substituents is 1. The number of aromatic nitrogens is 3. The van der Waals surface area contributed by atoms with Crippen molar-refractivity contribution in [1.82, 2.24) is 19.9 Å². The molecule has 3 aromatic rings. The lowest BCUT2D eigenvalue weighted by Crippen LogP contribution is -2.43. The average Bonchev–Trinajstić information content (AvgIpc) is 3.28. The van der Waals surface area contributed by atoms with Gasteiger partial charge in [0.2, 0.25) is 0 Å². The number of rotatable bonds is 6. The monoisotopic (exact) mass is 611 g/mol. The summed E-state index contributed by atoms with van der Waals surface area (Å²) in [6.45, 7) is 4.88. The molecule has 8 nitrogen and oxygen atoms in total. The highest BCUT2D eigenvalue weighted by Crippen LogP contribution is 2.53. The Balaban J connectivity index is 1.23. The second-order valence-electron chi connectivity index (χ2n) is 13.7. The van der Waals surface area contributed by atoms with Crippen molar-refractivity contribution in [3.8, 4) is 23.0 Å². The number of aliphatic hydroxyl groups is 1. The molecule has 5 fully saturated rings. The molecule has 0 spiro atoms. The minimum atomic E-state index is -0.893. The van der Waals surface area contributed by atoms with Gasteiger partial charge in [0.05, 0.1) is 17.0 Å². The van der Waals surface area contributed by atoms with Crippen molar-refractivity contribution in [1.29, 1.82) is 0 Å². The maximum absolute atomic E-state index is 16.7. The van der Waals surface area contributed by atoms with Crippen LogP contribution in [0.4, 0.5) is 14.6 Å². The van der Waals surface area contributed by atoms with E-state index in [4.69, 9.17) is 21.3 Å². The molecule has 2 saturated carbocycles. The molecule has 3 saturated heterocycles. The number of piperidine rings is 1. The Morgan fingerprint density at radius 3 is 2.79 bits per heavy atom. The molecular formula is C32H36ClF2N5O3. The number of aromatic hydroxyl groups is 1. The Morgan fingerprint density at radius 2 is 2.00 bits per heavy atom. The molecule has 3 aliphatic heterocycles. The number of hydrogen-bond acceptors (Lipinski definition) is 8. The van der Waals surface area contributed by atoms with E-state index in [1.807, 2.05) is 0 Å². The van der Waals surface area contributed by atoms with Crippen LogP contribution in [0.5, 0.6) is 11.8 Å². The first-order chi connectivity index (χ1) is 20.7. The quantitative estimate of drug-likeness (QED) is 0.379. The van der Waals surface area contributed by atoms with Crippen molar-refractivity contribution in [2.45, 2.75) is 69.2 Å². The molecule has 2 aliphatic carbocycles. The molecule has 11 heteroatoms. The standard InChI is InChI=1S/C32H36ClF2N5O3/c1-16-5-21(16)26-22(8-20(41)9-24(26)33)28-27(35)29-23(11-36-28)30(39-12-17-6-18(13-39)25(42)7-17)38-31(37-29)43-15-32-3-2-4-40(32)14-19(34)10-32/h8-9,11,16-19,21,25,41-42H,2-7,10,12-15H2,1H3/t16-,17+,18+,19+,21+,25+,32-/m0/s1. The van der Waals surface area contributed by atoms with E-state index in [0.29, 0.717) is 59.7 Å². The first kappa shape index (κ1) is 27.7. The highest BCUT2D eigenvalue weighted by Gasteiger charge is 2.49. The van der Waals surface area contributed by atoms with Crippen molar-refractivity contribution < 1.29 is 23.7 Å². The maximum Gasteiger partial charge on any atom is 0.319 e. The molecule has 1 aromatic carbocycles. The third kappa shape index (κ3) is 4.63. The van der Waals surface area contributed by atoms with Gasteiger partial charge in [-0.05, 0) is 74.1 Å². The number of halogens is 3. The van der Waals surface area contributed by atoms with E-state index < -0.39 is 17.5 Å². The SMILES string of the molecule is C[C@H]1C[C@H]1c1c(Cl)cc(O)cc1-c1ncc2c(N3C[C@@H]4C[C@H](C3)[C@H](O)C4)nc(OC[C@@]34CCCN3C[C@H](F)C4)nc2c1F. The summed E-state index contributed by atoms with van der Waals surface area (Å²) >= 11 is 6.60. The lowest BCUT2D eigenvalue weighted by molar-refractivity contribution is 0.107.